The number of aromatic nitrogens is 1. The summed E-state index contributed by atoms with van der Waals surface area (Å²) in [6.07, 6.45) is 1.60. The SMILES string of the molecule is O=C(Nc1ccc(Br)c2ccccc12)c1ncccc1Br. The number of fused-ring (bicyclic) bond motifs is 1. The molecule has 1 aromatic heterocycles. The van der Waals surface area contributed by atoms with Crippen LogP contribution in [0.25, 0.3) is 10.8 Å². The third-order valence-corrected chi connectivity index (χ3v) is 4.42. The van der Waals surface area contributed by atoms with Gasteiger partial charge in [-0.05, 0) is 45.6 Å². The van der Waals surface area contributed by atoms with Gasteiger partial charge in [-0.1, -0.05) is 40.2 Å². The van der Waals surface area contributed by atoms with Gasteiger partial charge in [0.2, 0.25) is 0 Å². The maximum Gasteiger partial charge on any atom is 0.275 e. The lowest BCUT2D eigenvalue weighted by Gasteiger charge is -2.10. The normalized spacial score (nSPS) is 10.6. The highest BCUT2D eigenvalue weighted by molar-refractivity contribution is 9.11. The molecule has 0 aliphatic carbocycles. The minimum Gasteiger partial charge on any atom is -0.320 e. The van der Waals surface area contributed by atoms with Gasteiger partial charge in [-0.3, -0.25) is 4.79 Å². The molecule has 1 N–H and O–H groups in total. The molecule has 3 nitrogen and oxygen atoms in total. The van der Waals surface area contributed by atoms with Gasteiger partial charge in [0, 0.05) is 26.2 Å². The first-order valence-electron chi connectivity index (χ1n) is 6.26. The van der Waals surface area contributed by atoms with Crippen molar-refractivity contribution in [3.05, 3.63) is 69.4 Å². The highest BCUT2D eigenvalue weighted by Crippen LogP contribution is 2.30. The van der Waals surface area contributed by atoms with Crippen molar-refractivity contribution in [2.75, 3.05) is 5.32 Å². The summed E-state index contributed by atoms with van der Waals surface area (Å²) < 4.78 is 1.67. The van der Waals surface area contributed by atoms with Crippen LogP contribution in [0.3, 0.4) is 0 Å². The lowest BCUT2D eigenvalue weighted by molar-refractivity contribution is 0.102. The lowest BCUT2D eigenvalue weighted by atomic mass is 10.1. The predicted octanol–water partition coefficient (Wildman–Crippen LogP) is 5.01. The summed E-state index contributed by atoms with van der Waals surface area (Å²) in [5.41, 5.74) is 1.13. The Morgan fingerprint density at radius 2 is 1.67 bits per heavy atom. The van der Waals surface area contributed by atoms with Crippen molar-refractivity contribution in [3.8, 4) is 0 Å². The van der Waals surface area contributed by atoms with Crippen LogP contribution in [-0.2, 0) is 0 Å². The molecule has 0 unspecified atom stereocenters. The van der Waals surface area contributed by atoms with E-state index >= 15 is 0 Å². The zero-order chi connectivity index (χ0) is 14.8. The van der Waals surface area contributed by atoms with Crippen LogP contribution < -0.4 is 5.32 Å². The van der Waals surface area contributed by atoms with Gasteiger partial charge in [0.1, 0.15) is 5.69 Å². The van der Waals surface area contributed by atoms with Crippen molar-refractivity contribution in [2.24, 2.45) is 0 Å². The van der Waals surface area contributed by atoms with E-state index in [9.17, 15) is 4.79 Å². The molecule has 0 saturated carbocycles. The second-order valence-electron chi connectivity index (χ2n) is 4.43. The first-order valence-corrected chi connectivity index (χ1v) is 7.84. The first kappa shape index (κ1) is 14.2. The Labute approximate surface area is 138 Å². The summed E-state index contributed by atoms with van der Waals surface area (Å²) in [7, 11) is 0. The smallest absolute Gasteiger partial charge is 0.275 e. The largest absolute Gasteiger partial charge is 0.320 e. The number of pyridine rings is 1. The molecule has 1 amide bonds. The van der Waals surface area contributed by atoms with E-state index in [0.717, 1.165) is 20.9 Å². The Hall–Kier alpha value is -1.72. The van der Waals surface area contributed by atoms with Gasteiger partial charge in [0.15, 0.2) is 0 Å². The Morgan fingerprint density at radius 1 is 0.905 bits per heavy atom. The third-order valence-electron chi connectivity index (χ3n) is 3.09. The number of carbonyl (C=O) groups excluding carboxylic acids is 1. The van der Waals surface area contributed by atoms with Crippen molar-refractivity contribution < 1.29 is 4.79 Å². The van der Waals surface area contributed by atoms with Gasteiger partial charge in [0.05, 0.1) is 0 Å². The van der Waals surface area contributed by atoms with Crippen LogP contribution in [0.2, 0.25) is 0 Å². The Balaban J connectivity index is 2.01. The zero-order valence-electron chi connectivity index (χ0n) is 10.8. The summed E-state index contributed by atoms with van der Waals surface area (Å²) in [6.45, 7) is 0. The average molecular weight is 406 g/mol. The van der Waals surface area contributed by atoms with Gasteiger partial charge in [0.25, 0.3) is 5.91 Å². The van der Waals surface area contributed by atoms with Gasteiger partial charge in [-0.15, -0.1) is 0 Å². The number of halogens is 2. The van der Waals surface area contributed by atoms with Gasteiger partial charge >= 0.3 is 0 Å². The number of hydrogen-bond donors (Lipinski definition) is 1. The molecule has 0 aliphatic heterocycles. The quantitative estimate of drug-likeness (QED) is 0.650. The molecular weight excluding hydrogens is 396 g/mol. The maximum absolute atomic E-state index is 12.3. The standard InChI is InChI=1S/C16H10Br2N2O/c17-12-7-8-14(11-5-2-1-4-10(11)12)20-16(21)15-13(18)6-3-9-19-15/h1-9H,(H,20,21). The molecule has 104 valence electrons. The van der Waals surface area contributed by atoms with E-state index in [2.05, 4.69) is 42.2 Å². The fraction of sp³-hybridized carbons (Fsp3) is 0. The molecule has 1 heterocycles. The number of anilines is 1. The zero-order valence-corrected chi connectivity index (χ0v) is 14.0. The van der Waals surface area contributed by atoms with Gasteiger partial charge < -0.3 is 5.32 Å². The summed E-state index contributed by atoms with van der Waals surface area (Å²) in [4.78, 5) is 16.5. The molecule has 21 heavy (non-hydrogen) atoms. The van der Waals surface area contributed by atoms with Crippen LogP contribution >= 0.6 is 31.9 Å². The van der Waals surface area contributed by atoms with Crippen molar-refractivity contribution >= 4 is 54.2 Å². The Kier molecular flexibility index (Phi) is 4.03. The number of rotatable bonds is 2. The van der Waals surface area contributed by atoms with Crippen LogP contribution in [0.15, 0.2) is 63.7 Å². The second-order valence-corrected chi connectivity index (χ2v) is 6.14. The molecule has 0 spiro atoms. The summed E-state index contributed by atoms with van der Waals surface area (Å²) in [6, 6.07) is 15.3. The molecule has 3 aromatic rings. The molecule has 0 radical (unpaired) electrons. The first-order chi connectivity index (χ1) is 10.2. The van der Waals surface area contributed by atoms with E-state index in [4.69, 9.17) is 0 Å². The number of carbonyl (C=O) groups is 1. The molecule has 0 fully saturated rings. The van der Waals surface area contributed by atoms with Crippen LogP contribution in [0.5, 0.6) is 0 Å². The highest BCUT2D eigenvalue weighted by atomic mass is 79.9. The van der Waals surface area contributed by atoms with Crippen molar-refractivity contribution in [1.29, 1.82) is 0 Å². The lowest BCUT2D eigenvalue weighted by Crippen LogP contribution is -2.14. The number of nitrogens with one attached hydrogen (secondary N) is 1. The van der Waals surface area contributed by atoms with E-state index in [-0.39, 0.29) is 5.91 Å². The monoisotopic (exact) mass is 404 g/mol. The summed E-state index contributed by atoms with van der Waals surface area (Å²) in [5, 5.41) is 4.95. The van der Waals surface area contributed by atoms with Crippen LogP contribution in [0.4, 0.5) is 5.69 Å². The van der Waals surface area contributed by atoms with E-state index in [1.54, 1.807) is 18.3 Å². The predicted molar refractivity (Wildman–Crippen MR) is 91.5 cm³/mol. The summed E-state index contributed by atoms with van der Waals surface area (Å²) in [5.74, 6) is -0.241. The van der Waals surface area contributed by atoms with E-state index in [0.29, 0.717) is 10.2 Å². The van der Waals surface area contributed by atoms with E-state index in [1.807, 2.05) is 36.4 Å². The number of nitrogens with zero attached hydrogens (tertiary/aromatic N) is 1. The topological polar surface area (TPSA) is 42.0 Å². The number of amides is 1. The minimum absolute atomic E-state index is 0.241. The Bertz CT molecular complexity index is 833. The second kappa shape index (κ2) is 5.95. The molecule has 5 heteroatoms. The van der Waals surface area contributed by atoms with Crippen molar-refractivity contribution in [2.45, 2.75) is 0 Å². The molecule has 2 aromatic carbocycles. The van der Waals surface area contributed by atoms with E-state index < -0.39 is 0 Å². The van der Waals surface area contributed by atoms with Crippen molar-refractivity contribution in [3.63, 3.8) is 0 Å². The summed E-state index contributed by atoms with van der Waals surface area (Å²) >= 11 is 6.86. The molecule has 3 rings (SSSR count). The van der Waals surface area contributed by atoms with Gasteiger partial charge in [-0.2, -0.15) is 0 Å². The molecule has 0 atom stereocenters. The fourth-order valence-corrected chi connectivity index (χ4v) is 3.02. The van der Waals surface area contributed by atoms with Crippen LogP contribution in [0.1, 0.15) is 10.5 Å². The van der Waals surface area contributed by atoms with Gasteiger partial charge in [-0.25, -0.2) is 4.98 Å². The van der Waals surface area contributed by atoms with Crippen LogP contribution in [0, 0.1) is 0 Å². The van der Waals surface area contributed by atoms with E-state index in [1.165, 1.54) is 0 Å². The molecule has 0 aliphatic rings. The van der Waals surface area contributed by atoms with Crippen molar-refractivity contribution in [1.82, 2.24) is 4.98 Å². The average Bonchev–Trinajstić information content (AvgIpc) is 2.51. The molecule has 0 bridgehead atoms. The fourth-order valence-electron chi connectivity index (χ4n) is 2.11. The third kappa shape index (κ3) is 2.84. The van der Waals surface area contributed by atoms with Crippen LogP contribution in [-0.4, -0.2) is 10.9 Å². The minimum atomic E-state index is -0.241. The Morgan fingerprint density at radius 3 is 2.43 bits per heavy atom. The number of hydrogen-bond acceptors (Lipinski definition) is 2. The maximum atomic E-state index is 12.3. The number of benzene rings is 2. The molecule has 0 saturated heterocycles. The molecular formula is C16H10Br2N2O. The highest BCUT2D eigenvalue weighted by Gasteiger charge is 2.13.